The maximum Gasteiger partial charge on any atom is 0.103 e. The standard InChI is InChI=1S/C5H5NS.Al/c7-5-3-1-2-4-6-5;/h1-4H,(H,6,7);. The van der Waals surface area contributed by atoms with Gasteiger partial charge in [0.1, 0.15) is 4.64 Å². The predicted molar refractivity (Wildman–Crippen MR) is 37.4 cm³/mol. The van der Waals surface area contributed by atoms with Gasteiger partial charge in [-0.25, -0.2) is 0 Å². The van der Waals surface area contributed by atoms with Crippen molar-refractivity contribution in [3.05, 3.63) is 29.0 Å². The molecule has 0 amide bonds. The molecule has 0 aromatic carbocycles. The topological polar surface area (TPSA) is 15.8 Å². The Morgan fingerprint density at radius 1 is 1.38 bits per heavy atom. The molecule has 1 heterocycles. The van der Waals surface area contributed by atoms with Crippen LogP contribution in [0.5, 0.6) is 0 Å². The fourth-order valence-electron chi connectivity index (χ4n) is 0.377. The van der Waals surface area contributed by atoms with Crippen molar-refractivity contribution in [2.24, 2.45) is 0 Å². The van der Waals surface area contributed by atoms with Crippen LogP contribution in [-0.4, -0.2) is 22.3 Å². The number of aromatic amines is 1. The maximum atomic E-state index is 4.76. The lowest BCUT2D eigenvalue weighted by Crippen LogP contribution is -1.64. The van der Waals surface area contributed by atoms with Gasteiger partial charge in [-0.3, -0.25) is 0 Å². The van der Waals surface area contributed by atoms with Gasteiger partial charge in [0.15, 0.2) is 0 Å². The van der Waals surface area contributed by atoms with Crippen molar-refractivity contribution in [3.8, 4) is 0 Å². The van der Waals surface area contributed by atoms with E-state index in [0.29, 0.717) is 0 Å². The molecule has 3 radical (unpaired) electrons. The Morgan fingerprint density at radius 3 is 2.38 bits per heavy atom. The summed E-state index contributed by atoms with van der Waals surface area (Å²) in [4.78, 5) is 2.85. The van der Waals surface area contributed by atoms with Crippen LogP contribution in [0.1, 0.15) is 0 Å². The van der Waals surface area contributed by atoms with Crippen LogP contribution in [0.25, 0.3) is 0 Å². The molecule has 0 aliphatic rings. The predicted octanol–water partition coefficient (Wildman–Crippen LogP) is 1.36. The molecule has 1 N–H and O–H groups in total. The molecule has 1 rings (SSSR count). The van der Waals surface area contributed by atoms with E-state index in [-0.39, 0.29) is 17.4 Å². The lowest BCUT2D eigenvalue weighted by molar-refractivity contribution is 1.30. The molecule has 3 heteroatoms. The molecule has 1 aromatic heterocycles. The van der Waals surface area contributed by atoms with Crippen LogP contribution >= 0.6 is 12.2 Å². The zero-order valence-corrected chi connectivity index (χ0v) is 6.27. The minimum Gasteiger partial charge on any atom is -0.353 e. The van der Waals surface area contributed by atoms with Gasteiger partial charge in [-0.05, 0) is 12.1 Å². The Bertz CT molecular complexity index is 178. The van der Waals surface area contributed by atoms with Crippen LogP contribution in [0.3, 0.4) is 0 Å². The fraction of sp³-hybridized carbons (Fsp3) is 0. The summed E-state index contributed by atoms with van der Waals surface area (Å²) in [5.74, 6) is 0. The Morgan fingerprint density at radius 2 is 2.12 bits per heavy atom. The van der Waals surface area contributed by atoms with E-state index in [0.717, 1.165) is 4.64 Å². The number of H-pyrrole nitrogens is 1. The van der Waals surface area contributed by atoms with Crippen LogP contribution in [-0.2, 0) is 0 Å². The van der Waals surface area contributed by atoms with Crippen molar-refractivity contribution in [1.82, 2.24) is 4.98 Å². The summed E-state index contributed by atoms with van der Waals surface area (Å²) in [5, 5.41) is 0. The Balaban J connectivity index is 0.000000490. The number of hydrogen-bond donors (Lipinski definition) is 1. The van der Waals surface area contributed by atoms with Gasteiger partial charge < -0.3 is 4.98 Å². The highest BCUT2D eigenvalue weighted by Crippen LogP contribution is 1.80. The van der Waals surface area contributed by atoms with E-state index in [1.807, 2.05) is 24.4 Å². The monoisotopic (exact) mass is 138 g/mol. The molecule has 1 nitrogen and oxygen atoms in total. The lowest BCUT2D eigenvalue weighted by atomic mass is 10.5. The van der Waals surface area contributed by atoms with Gasteiger partial charge in [0.05, 0.1) is 0 Å². The summed E-state index contributed by atoms with van der Waals surface area (Å²) < 4.78 is 0.780. The second-order valence-corrected chi connectivity index (χ2v) is 1.67. The molecule has 8 heavy (non-hydrogen) atoms. The van der Waals surface area contributed by atoms with Crippen molar-refractivity contribution in [1.29, 1.82) is 0 Å². The second kappa shape index (κ2) is 3.85. The van der Waals surface area contributed by atoms with Gasteiger partial charge in [-0.15, -0.1) is 0 Å². The van der Waals surface area contributed by atoms with E-state index in [1.54, 1.807) is 0 Å². The van der Waals surface area contributed by atoms with Crippen LogP contribution in [0.2, 0.25) is 0 Å². The Kier molecular flexibility index (Phi) is 3.80. The molecule has 0 aliphatic carbocycles. The van der Waals surface area contributed by atoms with E-state index < -0.39 is 0 Å². The van der Waals surface area contributed by atoms with Gasteiger partial charge in [-0.1, -0.05) is 18.3 Å². The molecule has 0 fully saturated rings. The average molecular weight is 138 g/mol. The Hall–Kier alpha value is -0.0975. The minimum atomic E-state index is 0. The zero-order valence-electron chi connectivity index (χ0n) is 4.29. The number of aromatic nitrogens is 1. The smallest absolute Gasteiger partial charge is 0.103 e. The summed E-state index contributed by atoms with van der Waals surface area (Å²) >= 11 is 4.76. The first kappa shape index (κ1) is 7.90. The molecule has 0 atom stereocenters. The zero-order chi connectivity index (χ0) is 5.11. The van der Waals surface area contributed by atoms with Gasteiger partial charge in [0.2, 0.25) is 0 Å². The van der Waals surface area contributed by atoms with E-state index in [1.165, 1.54) is 0 Å². The average Bonchev–Trinajstić information content (AvgIpc) is 1.69. The molecule has 39 valence electrons. The Labute approximate surface area is 63.9 Å². The molecule has 1 aromatic rings. The highest BCUT2D eigenvalue weighted by molar-refractivity contribution is 7.71. The second-order valence-electron chi connectivity index (χ2n) is 1.23. The molecule has 0 bridgehead atoms. The first-order valence-electron chi connectivity index (χ1n) is 2.03. The van der Waals surface area contributed by atoms with E-state index in [9.17, 15) is 0 Å². The van der Waals surface area contributed by atoms with Crippen LogP contribution < -0.4 is 0 Å². The summed E-state index contributed by atoms with van der Waals surface area (Å²) in [7, 11) is 0. The SMILES string of the molecule is S=c1cccc[nH]1.[Al]. The maximum absolute atomic E-state index is 4.76. The molecule has 0 saturated carbocycles. The molecule has 0 saturated heterocycles. The third-order valence-electron chi connectivity index (χ3n) is 0.681. The first-order chi connectivity index (χ1) is 3.39. The van der Waals surface area contributed by atoms with Crippen molar-refractivity contribution in [2.45, 2.75) is 0 Å². The molecule has 0 spiro atoms. The van der Waals surface area contributed by atoms with Crippen molar-refractivity contribution in [3.63, 3.8) is 0 Å². The van der Waals surface area contributed by atoms with Crippen molar-refractivity contribution >= 4 is 29.6 Å². The van der Waals surface area contributed by atoms with Crippen LogP contribution in [0.4, 0.5) is 0 Å². The normalized spacial score (nSPS) is 7.50. The quantitative estimate of drug-likeness (QED) is 0.423. The molecular weight excluding hydrogens is 133 g/mol. The van der Waals surface area contributed by atoms with Crippen LogP contribution in [0, 0.1) is 4.64 Å². The van der Waals surface area contributed by atoms with Gasteiger partial charge in [0.25, 0.3) is 0 Å². The minimum absolute atomic E-state index is 0. The summed E-state index contributed by atoms with van der Waals surface area (Å²) in [6, 6.07) is 5.64. The van der Waals surface area contributed by atoms with Gasteiger partial charge >= 0.3 is 0 Å². The highest BCUT2D eigenvalue weighted by atomic mass is 32.1. The fourth-order valence-corrected chi connectivity index (χ4v) is 0.523. The van der Waals surface area contributed by atoms with Gasteiger partial charge in [0, 0.05) is 23.6 Å². The number of nitrogens with one attached hydrogen (secondary N) is 1. The number of pyridine rings is 1. The van der Waals surface area contributed by atoms with Crippen molar-refractivity contribution < 1.29 is 0 Å². The lowest BCUT2D eigenvalue weighted by Gasteiger charge is -1.76. The summed E-state index contributed by atoms with van der Waals surface area (Å²) in [6.45, 7) is 0. The summed E-state index contributed by atoms with van der Waals surface area (Å²) in [5.41, 5.74) is 0. The number of hydrogen-bond acceptors (Lipinski definition) is 1. The third kappa shape index (κ3) is 2.27. The third-order valence-corrected chi connectivity index (χ3v) is 0.934. The summed E-state index contributed by atoms with van der Waals surface area (Å²) in [6.07, 6.45) is 1.81. The molecular formula is C5H5AlNS. The number of rotatable bonds is 0. The van der Waals surface area contributed by atoms with Gasteiger partial charge in [-0.2, -0.15) is 0 Å². The van der Waals surface area contributed by atoms with Crippen molar-refractivity contribution in [2.75, 3.05) is 0 Å². The molecule has 0 aliphatic heterocycles. The highest BCUT2D eigenvalue weighted by Gasteiger charge is 1.65. The van der Waals surface area contributed by atoms with E-state index in [2.05, 4.69) is 4.98 Å². The van der Waals surface area contributed by atoms with E-state index >= 15 is 0 Å². The molecule has 0 unspecified atom stereocenters. The van der Waals surface area contributed by atoms with E-state index in [4.69, 9.17) is 12.2 Å². The first-order valence-corrected chi connectivity index (χ1v) is 2.44. The largest absolute Gasteiger partial charge is 0.353 e. The van der Waals surface area contributed by atoms with Crippen LogP contribution in [0.15, 0.2) is 24.4 Å².